The minimum absolute atomic E-state index is 0.635. The number of hydrogen-bond acceptors (Lipinski definition) is 5. The van der Waals surface area contributed by atoms with E-state index in [4.69, 9.17) is 33.9 Å². The third-order valence-electron chi connectivity index (χ3n) is 6.85. The molecule has 0 unspecified atom stereocenters. The van der Waals surface area contributed by atoms with Gasteiger partial charge in [-0.15, -0.1) is 0 Å². The summed E-state index contributed by atoms with van der Waals surface area (Å²) in [5, 5.41) is 0. The third kappa shape index (κ3) is 6.16. The van der Waals surface area contributed by atoms with Crippen molar-refractivity contribution in [2.75, 3.05) is 0 Å². The summed E-state index contributed by atoms with van der Waals surface area (Å²) >= 11 is 11.0. The zero-order chi connectivity index (χ0) is 28.9. The molecule has 4 aromatic carbocycles. The highest BCUT2D eigenvalue weighted by molar-refractivity contribution is 7.85. The minimum atomic E-state index is -1.53. The van der Waals surface area contributed by atoms with Gasteiger partial charge in [-0.1, -0.05) is 109 Å². The molecule has 4 aromatic rings. The molecule has 0 aliphatic heterocycles. The Hall–Kier alpha value is -4.23. The molecular formula is C36H26O3S3. The lowest BCUT2D eigenvalue weighted by atomic mass is 10.1. The summed E-state index contributed by atoms with van der Waals surface area (Å²) in [6.07, 6.45) is 13.0. The van der Waals surface area contributed by atoms with E-state index in [1.54, 1.807) is 0 Å². The highest BCUT2D eigenvalue weighted by Crippen LogP contribution is 2.38. The fourth-order valence-corrected chi connectivity index (χ4v) is 6.54. The second kappa shape index (κ2) is 12.7. The monoisotopic (exact) mass is 602 g/mol. The Morgan fingerprint density at radius 2 is 1.00 bits per heavy atom. The fraction of sp³-hybridized carbons (Fsp3) is 0.0556. The first-order chi connectivity index (χ1) is 20.6. The molecule has 0 N–H and O–H groups in total. The van der Waals surface area contributed by atoms with Crippen molar-refractivity contribution < 1.29 is 13.7 Å². The number of rotatable bonds is 8. The van der Waals surface area contributed by atoms with Crippen LogP contribution in [0.15, 0.2) is 155 Å². The smallest absolute Gasteiger partial charge is 0.141 e. The van der Waals surface area contributed by atoms with Crippen LogP contribution in [0.5, 0.6) is 11.5 Å². The molecule has 0 atom stereocenters. The van der Waals surface area contributed by atoms with Crippen molar-refractivity contribution in [2.24, 2.45) is 0 Å². The Balaban J connectivity index is 1.42. The van der Waals surface area contributed by atoms with Crippen molar-refractivity contribution in [3.05, 3.63) is 145 Å². The largest absolute Gasteiger partial charge is 0.456 e. The topological polar surface area (TPSA) is 35.5 Å². The SMILES string of the molecule is O=S(c1ccc(OC2=CC=CCC2=S)cc1-c1ccccc1)c1ccc(OC2=CC=CCC2=S)cc1-c1ccccc1. The average Bonchev–Trinajstić information content (AvgIpc) is 3.04. The van der Waals surface area contributed by atoms with Crippen molar-refractivity contribution in [2.45, 2.75) is 22.6 Å². The molecule has 0 bridgehead atoms. The first-order valence-electron chi connectivity index (χ1n) is 13.5. The maximum atomic E-state index is 14.5. The Labute approximate surface area is 259 Å². The maximum absolute atomic E-state index is 14.5. The minimum Gasteiger partial charge on any atom is -0.456 e. The van der Waals surface area contributed by atoms with E-state index in [-0.39, 0.29) is 0 Å². The molecule has 3 nitrogen and oxygen atoms in total. The Morgan fingerprint density at radius 3 is 1.40 bits per heavy atom. The zero-order valence-electron chi connectivity index (χ0n) is 22.6. The zero-order valence-corrected chi connectivity index (χ0v) is 25.0. The quantitative estimate of drug-likeness (QED) is 0.188. The molecule has 0 amide bonds. The predicted molar refractivity (Wildman–Crippen MR) is 179 cm³/mol. The van der Waals surface area contributed by atoms with E-state index in [1.165, 1.54) is 0 Å². The molecule has 6 rings (SSSR count). The van der Waals surface area contributed by atoms with Crippen LogP contribution in [0.1, 0.15) is 12.8 Å². The molecule has 0 saturated heterocycles. The molecule has 2 aliphatic rings. The van der Waals surface area contributed by atoms with Crippen LogP contribution in [0.4, 0.5) is 0 Å². The first kappa shape index (κ1) is 27.9. The molecule has 0 radical (unpaired) electrons. The fourth-order valence-electron chi connectivity index (χ4n) is 4.76. The molecular weight excluding hydrogens is 577 g/mol. The van der Waals surface area contributed by atoms with Crippen LogP contribution in [-0.4, -0.2) is 13.9 Å². The highest BCUT2D eigenvalue weighted by Gasteiger charge is 2.21. The van der Waals surface area contributed by atoms with E-state index >= 15 is 0 Å². The van der Waals surface area contributed by atoms with E-state index in [2.05, 4.69) is 0 Å². The lowest BCUT2D eigenvalue weighted by molar-refractivity contribution is 0.454. The van der Waals surface area contributed by atoms with Gasteiger partial charge in [-0.25, -0.2) is 4.21 Å². The van der Waals surface area contributed by atoms with Gasteiger partial charge in [0.1, 0.15) is 23.0 Å². The van der Waals surface area contributed by atoms with Crippen LogP contribution in [0.3, 0.4) is 0 Å². The van der Waals surface area contributed by atoms with Crippen LogP contribution in [0, 0.1) is 0 Å². The molecule has 0 spiro atoms. The van der Waals surface area contributed by atoms with Gasteiger partial charge in [0.2, 0.25) is 0 Å². The van der Waals surface area contributed by atoms with Gasteiger partial charge < -0.3 is 9.47 Å². The van der Waals surface area contributed by atoms with Crippen LogP contribution in [0.2, 0.25) is 0 Å². The number of hydrogen-bond donors (Lipinski definition) is 0. The molecule has 0 fully saturated rings. The van der Waals surface area contributed by atoms with Crippen molar-refractivity contribution in [1.29, 1.82) is 0 Å². The van der Waals surface area contributed by atoms with Gasteiger partial charge >= 0.3 is 0 Å². The number of ether oxygens (including phenoxy) is 2. The van der Waals surface area contributed by atoms with E-state index in [1.807, 2.05) is 134 Å². The van der Waals surface area contributed by atoms with Gasteiger partial charge in [-0.3, -0.25) is 0 Å². The second-order valence-corrected chi connectivity index (χ2v) is 12.1. The standard InChI is InChI=1S/C36H26O3S3/c37-42(35-21-19-27(38-31-15-7-9-17-33(31)40)23-29(35)25-11-3-1-4-12-25)36-22-20-28(39-32-16-8-10-18-34(32)41)24-30(36)26-13-5-2-6-14-26/h1-16,19-24H,17-18H2. The summed E-state index contributed by atoms with van der Waals surface area (Å²) in [4.78, 5) is 2.87. The van der Waals surface area contributed by atoms with Crippen LogP contribution >= 0.6 is 24.4 Å². The number of benzene rings is 4. The van der Waals surface area contributed by atoms with Gasteiger partial charge in [0.25, 0.3) is 0 Å². The Morgan fingerprint density at radius 1 is 0.571 bits per heavy atom. The summed E-state index contributed by atoms with van der Waals surface area (Å²) in [6.45, 7) is 0. The van der Waals surface area contributed by atoms with Crippen LogP contribution in [0.25, 0.3) is 22.3 Å². The van der Waals surface area contributed by atoms with E-state index in [9.17, 15) is 4.21 Å². The number of allylic oxidation sites excluding steroid dienone is 8. The summed E-state index contributed by atoms with van der Waals surface area (Å²) in [6, 6.07) is 31.2. The van der Waals surface area contributed by atoms with E-state index < -0.39 is 10.8 Å². The number of thiocarbonyl (C=S) groups is 2. The molecule has 2 aliphatic carbocycles. The third-order valence-corrected chi connectivity index (χ3v) is 9.10. The maximum Gasteiger partial charge on any atom is 0.141 e. The van der Waals surface area contributed by atoms with Crippen molar-refractivity contribution in [3.8, 4) is 33.8 Å². The van der Waals surface area contributed by atoms with Gasteiger partial charge in [-0.2, -0.15) is 0 Å². The highest BCUT2D eigenvalue weighted by atomic mass is 32.2. The molecule has 0 aromatic heterocycles. The Kier molecular flexibility index (Phi) is 8.47. The van der Waals surface area contributed by atoms with E-state index in [0.29, 0.717) is 45.6 Å². The van der Waals surface area contributed by atoms with Crippen molar-refractivity contribution in [1.82, 2.24) is 0 Å². The van der Waals surface area contributed by atoms with E-state index in [0.717, 1.165) is 32.0 Å². The average molecular weight is 603 g/mol. The van der Waals surface area contributed by atoms with Gasteiger partial charge in [0.15, 0.2) is 0 Å². The summed E-state index contributed by atoms with van der Waals surface area (Å²) in [7, 11) is -1.53. The molecule has 42 heavy (non-hydrogen) atoms. The van der Waals surface area contributed by atoms with Crippen molar-refractivity contribution >= 4 is 45.0 Å². The first-order valence-corrected chi connectivity index (χ1v) is 15.5. The summed E-state index contributed by atoms with van der Waals surface area (Å²) < 4.78 is 26.9. The lowest BCUT2D eigenvalue weighted by Gasteiger charge is -2.18. The molecule has 6 heteroatoms. The van der Waals surface area contributed by atoms with Gasteiger partial charge in [-0.05, 0) is 59.7 Å². The molecule has 206 valence electrons. The van der Waals surface area contributed by atoms with Gasteiger partial charge in [0, 0.05) is 24.0 Å². The summed E-state index contributed by atoms with van der Waals surface area (Å²) in [5.74, 6) is 2.59. The molecule has 0 heterocycles. The second-order valence-electron chi connectivity index (χ2n) is 9.69. The Bertz CT molecular complexity index is 1680. The summed E-state index contributed by atoms with van der Waals surface area (Å²) in [5.41, 5.74) is 3.54. The molecule has 0 saturated carbocycles. The van der Waals surface area contributed by atoms with Crippen molar-refractivity contribution in [3.63, 3.8) is 0 Å². The van der Waals surface area contributed by atoms with Crippen LogP contribution in [-0.2, 0) is 10.8 Å². The predicted octanol–water partition coefficient (Wildman–Crippen LogP) is 9.37. The lowest BCUT2D eigenvalue weighted by Crippen LogP contribution is -2.09. The van der Waals surface area contributed by atoms with Crippen LogP contribution < -0.4 is 9.47 Å². The van der Waals surface area contributed by atoms with Gasteiger partial charge in [0.05, 0.1) is 30.3 Å². The normalized spacial score (nSPS) is 14.5.